The number of nitrogens with one attached hydrogen (secondary N) is 1. The van der Waals surface area contributed by atoms with Crippen LogP contribution in [0.1, 0.15) is 12.8 Å². The maximum Gasteiger partial charge on any atom is 0.321 e. The highest BCUT2D eigenvalue weighted by atomic mass is 16.5. The summed E-state index contributed by atoms with van der Waals surface area (Å²) in [4.78, 5) is 22.4. The molecular formula is C18H22N4O4. The van der Waals surface area contributed by atoms with E-state index in [0.29, 0.717) is 36.2 Å². The van der Waals surface area contributed by atoms with E-state index in [4.69, 9.17) is 14.2 Å². The van der Waals surface area contributed by atoms with Crippen molar-refractivity contribution in [3.8, 4) is 17.4 Å². The lowest BCUT2D eigenvalue weighted by atomic mass is 10.1. The van der Waals surface area contributed by atoms with Gasteiger partial charge >= 0.3 is 6.03 Å². The smallest absolute Gasteiger partial charge is 0.321 e. The van der Waals surface area contributed by atoms with Crippen LogP contribution in [0.3, 0.4) is 0 Å². The van der Waals surface area contributed by atoms with E-state index < -0.39 is 0 Å². The first-order valence-electron chi connectivity index (χ1n) is 8.40. The molecule has 1 aromatic heterocycles. The minimum absolute atomic E-state index is 0.0336. The van der Waals surface area contributed by atoms with Crippen molar-refractivity contribution in [2.75, 3.05) is 32.6 Å². The van der Waals surface area contributed by atoms with Crippen LogP contribution in [0.15, 0.2) is 36.8 Å². The molecule has 138 valence electrons. The Balaban J connectivity index is 1.54. The second kappa shape index (κ2) is 8.37. The number of nitrogens with zero attached hydrogens (tertiary/aromatic N) is 3. The van der Waals surface area contributed by atoms with E-state index in [1.807, 2.05) is 0 Å². The highest BCUT2D eigenvalue weighted by Crippen LogP contribution is 2.29. The van der Waals surface area contributed by atoms with Gasteiger partial charge in [-0.2, -0.15) is 0 Å². The molecule has 2 amide bonds. The first kappa shape index (κ1) is 17.8. The SMILES string of the molecule is COc1ccc(NC(=O)N2CCC(Oc3cnccn3)CC2)c(OC)c1. The molecule has 26 heavy (non-hydrogen) atoms. The van der Waals surface area contributed by atoms with Crippen molar-refractivity contribution < 1.29 is 19.0 Å². The van der Waals surface area contributed by atoms with Gasteiger partial charge in [0, 0.05) is 44.4 Å². The average Bonchev–Trinajstić information content (AvgIpc) is 2.69. The number of benzene rings is 1. The zero-order chi connectivity index (χ0) is 18.4. The minimum atomic E-state index is -0.161. The third-order valence-electron chi connectivity index (χ3n) is 4.21. The number of rotatable bonds is 5. The van der Waals surface area contributed by atoms with Crippen LogP contribution in [0.25, 0.3) is 0 Å². The first-order chi connectivity index (χ1) is 12.7. The fourth-order valence-electron chi connectivity index (χ4n) is 2.79. The van der Waals surface area contributed by atoms with E-state index in [9.17, 15) is 4.79 Å². The molecule has 0 bridgehead atoms. The number of amides is 2. The molecule has 1 saturated heterocycles. The third kappa shape index (κ3) is 4.33. The number of anilines is 1. The lowest BCUT2D eigenvalue weighted by Gasteiger charge is -2.32. The van der Waals surface area contributed by atoms with Gasteiger partial charge in [-0.05, 0) is 12.1 Å². The highest BCUT2D eigenvalue weighted by Gasteiger charge is 2.25. The number of methoxy groups -OCH3 is 2. The maximum absolute atomic E-state index is 12.5. The van der Waals surface area contributed by atoms with Crippen molar-refractivity contribution >= 4 is 11.7 Å². The fraction of sp³-hybridized carbons (Fsp3) is 0.389. The van der Waals surface area contributed by atoms with Crippen LogP contribution in [0, 0.1) is 0 Å². The Kier molecular flexibility index (Phi) is 5.73. The van der Waals surface area contributed by atoms with E-state index >= 15 is 0 Å². The van der Waals surface area contributed by atoms with Gasteiger partial charge in [0.1, 0.15) is 17.6 Å². The number of hydrogen-bond acceptors (Lipinski definition) is 6. The van der Waals surface area contributed by atoms with E-state index in [1.54, 1.807) is 55.9 Å². The quantitative estimate of drug-likeness (QED) is 0.884. The molecule has 2 aromatic rings. The Labute approximate surface area is 152 Å². The molecule has 1 aliphatic heterocycles. The van der Waals surface area contributed by atoms with Crippen molar-refractivity contribution in [2.45, 2.75) is 18.9 Å². The largest absolute Gasteiger partial charge is 0.497 e. The van der Waals surface area contributed by atoms with Crippen molar-refractivity contribution in [1.29, 1.82) is 0 Å². The van der Waals surface area contributed by atoms with Gasteiger partial charge in [0.05, 0.1) is 26.1 Å². The second-order valence-electron chi connectivity index (χ2n) is 5.84. The molecule has 1 fully saturated rings. The van der Waals surface area contributed by atoms with Crippen LogP contribution in [-0.4, -0.2) is 54.3 Å². The molecule has 1 aromatic carbocycles. The van der Waals surface area contributed by atoms with Gasteiger partial charge in [0.15, 0.2) is 0 Å². The molecule has 0 saturated carbocycles. The van der Waals surface area contributed by atoms with Crippen molar-refractivity contribution in [3.05, 3.63) is 36.8 Å². The maximum atomic E-state index is 12.5. The van der Waals surface area contributed by atoms with Crippen LogP contribution in [0.4, 0.5) is 10.5 Å². The summed E-state index contributed by atoms with van der Waals surface area (Å²) in [6, 6.07) is 5.11. The third-order valence-corrected chi connectivity index (χ3v) is 4.21. The van der Waals surface area contributed by atoms with E-state index in [0.717, 1.165) is 12.8 Å². The first-order valence-corrected chi connectivity index (χ1v) is 8.40. The predicted molar refractivity (Wildman–Crippen MR) is 95.8 cm³/mol. The summed E-state index contributed by atoms with van der Waals surface area (Å²) in [6.07, 6.45) is 6.31. The Hall–Kier alpha value is -3.03. The predicted octanol–water partition coefficient (Wildman–Crippen LogP) is 2.57. The number of carbonyl (C=O) groups is 1. The van der Waals surface area contributed by atoms with Gasteiger partial charge in [0.25, 0.3) is 0 Å². The molecule has 1 aliphatic rings. The van der Waals surface area contributed by atoms with Crippen molar-refractivity contribution in [2.24, 2.45) is 0 Å². The lowest BCUT2D eigenvalue weighted by molar-refractivity contribution is 0.111. The molecule has 0 atom stereocenters. The summed E-state index contributed by atoms with van der Waals surface area (Å²) in [6.45, 7) is 1.21. The number of ether oxygens (including phenoxy) is 3. The zero-order valence-corrected chi connectivity index (χ0v) is 14.8. The molecular weight excluding hydrogens is 336 g/mol. The number of hydrogen-bond donors (Lipinski definition) is 1. The molecule has 2 heterocycles. The van der Waals surface area contributed by atoms with Gasteiger partial charge in [0.2, 0.25) is 5.88 Å². The van der Waals surface area contributed by atoms with Crippen LogP contribution in [-0.2, 0) is 0 Å². The topological polar surface area (TPSA) is 85.8 Å². The van der Waals surface area contributed by atoms with Gasteiger partial charge < -0.3 is 24.4 Å². The molecule has 8 heteroatoms. The van der Waals surface area contributed by atoms with Crippen LogP contribution < -0.4 is 19.5 Å². The molecule has 0 unspecified atom stereocenters. The zero-order valence-electron chi connectivity index (χ0n) is 14.8. The van der Waals surface area contributed by atoms with Crippen molar-refractivity contribution in [3.63, 3.8) is 0 Å². The standard InChI is InChI=1S/C18H22N4O4/c1-24-14-3-4-15(16(11-14)25-2)21-18(23)22-9-5-13(6-10-22)26-17-12-19-7-8-20-17/h3-4,7-8,11-13H,5-6,9-10H2,1-2H3,(H,21,23). The Morgan fingerprint density at radius 3 is 2.65 bits per heavy atom. The molecule has 8 nitrogen and oxygen atoms in total. The van der Waals surface area contributed by atoms with Crippen LogP contribution in [0.5, 0.6) is 17.4 Å². The van der Waals surface area contributed by atoms with Gasteiger partial charge in [-0.15, -0.1) is 0 Å². The van der Waals surface area contributed by atoms with E-state index in [-0.39, 0.29) is 12.1 Å². The van der Waals surface area contributed by atoms with E-state index in [2.05, 4.69) is 15.3 Å². The summed E-state index contributed by atoms with van der Waals surface area (Å²) in [5.41, 5.74) is 0.608. The number of piperidine rings is 1. The number of carbonyl (C=O) groups excluding carboxylic acids is 1. The molecule has 0 radical (unpaired) electrons. The minimum Gasteiger partial charge on any atom is -0.497 e. The van der Waals surface area contributed by atoms with Gasteiger partial charge in [-0.3, -0.25) is 4.98 Å². The molecule has 3 rings (SSSR count). The number of urea groups is 1. The van der Waals surface area contributed by atoms with Gasteiger partial charge in [-0.25, -0.2) is 9.78 Å². The number of likely N-dealkylation sites (tertiary alicyclic amines) is 1. The van der Waals surface area contributed by atoms with E-state index in [1.165, 1.54) is 0 Å². The Morgan fingerprint density at radius 1 is 1.19 bits per heavy atom. The van der Waals surface area contributed by atoms with Crippen molar-refractivity contribution in [1.82, 2.24) is 14.9 Å². The lowest BCUT2D eigenvalue weighted by Crippen LogP contribution is -2.43. The van der Waals surface area contributed by atoms with Crippen LogP contribution in [0.2, 0.25) is 0 Å². The molecule has 0 spiro atoms. The molecule has 1 N–H and O–H groups in total. The Bertz CT molecular complexity index is 733. The summed E-state index contributed by atoms with van der Waals surface area (Å²) in [5.74, 6) is 1.73. The molecule has 0 aliphatic carbocycles. The van der Waals surface area contributed by atoms with Crippen LogP contribution >= 0.6 is 0 Å². The summed E-state index contributed by atoms with van der Waals surface area (Å²) < 4.78 is 16.3. The summed E-state index contributed by atoms with van der Waals surface area (Å²) >= 11 is 0. The summed E-state index contributed by atoms with van der Waals surface area (Å²) in [5, 5.41) is 2.89. The average molecular weight is 358 g/mol. The highest BCUT2D eigenvalue weighted by molar-refractivity contribution is 5.91. The normalized spacial score (nSPS) is 14.6. The number of aromatic nitrogens is 2. The second-order valence-corrected chi connectivity index (χ2v) is 5.84. The monoisotopic (exact) mass is 358 g/mol. The Morgan fingerprint density at radius 2 is 2.00 bits per heavy atom. The fourth-order valence-corrected chi connectivity index (χ4v) is 2.79. The summed E-state index contributed by atoms with van der Waals surface area (Å²) in [7, 11) is 3.14. The van der Waals surface area contributed by atoms with Gasteiger partial charge in [-0.1, -0.05) is 0 Å².